The minimum absolute atomic E-state index is 0.221. The van der Waals surface area contributed by atoms with E-state index in [9.17, 15) is 9.59 Å². The van der Waals surface area contributed by atoms with Gasteiger partial charge in [0.15, 0.2) is 0 Å². The average Bonchev–Trinajstić information content (AvgIpc) is 3.01. The van der Waals surface area contributed by atoms with Gasteiger partial charge in [0.25, 0.3) is 0 Å². The summed E-state index contributed by atoms with van der Waals surface area (Å²) in [7, 11) is 0. The first-order chi connectivity index (χ1) is 20.7. The lowest BCUT2D eigenvalue weighted by atomic mass is 9.83. The Hall–Kier alpha value is -1.32. The molecule has 0 aromatic carbocycles. The Balaban J connectivity index is 2.01. The molecular formula is C38H70O4. The predicted molar refractivity (Wildman–Crippen MR) is 179 cm³/mol. The van der Waals surface area contributed by atoms with Gasteiger partial charge in [-0.2, -0.15) is 0 Å². The molecule has 42 heavy (non-hydrogen) atoms. The molecule has 0 heterocycles. The van der Waals surface area contributed by atoms with Crippen LogP contribution in [0.1, 0.15) is 194 Å². The second-order valence-corrected chi connectivity index (χ2v) is 13.0. The molecule has 1 aliphatic rings. The molecule has 0 spiro atoms. The Morgan fingerprint density at radius 1 is 0.429 bits per heavy atom. The highest BCUT2D eigenvalue weighted by Gasteiger charge is 2.36. The number of allylic oxidation sites excluding steroid dienone is 2. The van der Waals surface area contributed by atoms with E-state index in [2.05, 4.69) is 13.8 Å². The van der Waals surface area contributed by atoms with Crippen molar-refractivity contribution in [1.29, 1.82) is 0 Å². The third kappa shape index (κ3) is 22.3. The molecule has 0 N–H and O–H groups in total. The number of carbonyl (C=O) groups is 2. The van der Waals surface area contributed by atoms with Crippen molar-refractivity contribution in [3.05, 3.63) is 12.2 Å². The molecule has 2 atom stereocenters. The highest BCUT2D eigenvalue weighted by atomic mass is 16.5. The Bertz CT molecular complexity index is 589. The molecular weight excluding hydrogens is 520 g/mol. The first-order valence-electron chi connectivity index (χ1n) is 18.7. The van der Waals surface area contributed by atoms with Crippen molar-refractivity contribution in [2.75, 3.05) is 13.2 Å². The van der Waals surface area contributed by atoms with Crippen molar-refractivity contribution >= 4 is 11.9 Å². The van der Waals surface area contributed by atoms with Crippen molar-refractivity contribution in [2.45, 2.75) is 194 Å². The van der Waals surface area contributed by atoms with Crippen LogP contribution in [0.2, 0.25) is 0 Å². The zero-order chi connectivity index (χ0) is 30.4. The van der Waals surface area contributed by atoms with Gasteiger partial charge in [-0.1, -0.05) is 180 Å². The van der Waals surface area contributed by atoms with Gasteiger partial charge in [-0.05, 0) is 25.7 Å². The van der Waals surface area contributed by atoms with Crippen molar-refractivity contribution < 1.29 is 19.1 Å². The van der Waals surface area contributed by atoms with E-state index >= 15 is 0 Å². The van der Waals surface area contributed by atoms with Gasteiger partial charge in [0, 0.05) is 0 Å². The zero-order valence-electron chi connectivity index (χ0n) is 28.2. The molecule has 1 aliphatic carbocycles. The van der Waals surface area contributed by atoms with E-state index in [0.717, 1.165) is 25.7 Å². The number of ether oxygens (including phenoxy) is 2. The first kappa shape index (κ1) is 38.7. The summed E-state index contributed by atoms with van der Waals surface area (Å²) in [5.41, 5.74) is 0. The molecule has 2 unspecified atom stereocenters. The molecule has 0 aliphatic heterocycles. The van der Waals surface area contributed by atoms with Crippen LogP contribution in [0.15, 0.2) is 12.2 Å². The molecule has 1 rings (SSSR count). The SMILES string of the molecule is CCCCCCCCCCCCCCCOC(=O)C1CC=CCC1C(=O)OCCCCCCCCCCCCCCC. The molecule has 0 aromatic heterocycles. The summed E-state index contributed by atoms with van der Waals surface area (Å²) in [6, 6.07) is 0. The van der Waals surface area contributed by atoms with E-state index in [1.54, 1.807) is 0 Å². The van der Waals surface area contributed by atoms with E-state index in [-0.39, 0.29) is 11.9 Å². The van der Waals surface area contributed by atoms with Crippen LogP contribution in [0.4, 0.5) is 0 Å². The van der Waals surface area contributed by atoms with Crippen molar-refractivity contribution in [1.82, 2.24) is 0 Å². The molecule has 246 valence electrons. The lowest BCUT2D eigenvalue weighted by molar-refractivity contribution is -0.161. The maximum absolute atomic E-state index is 12.8. The number of hydrogen-bond acceptors (Lipinski definition) is 4. The fourth-order valence-corrected chi connectivity index (χ4v) is 6.13. The molecule has 0 fully saturated rings. The number of hydrogen-bond donors (Lipinski definition) is 0. The highest BCUT2D eigenvalue weighted by molar-refractivity contribution is 5.82. The molecule has 0 radical (unpaired) electrons. The van der Waals surface area contributed by atoms with Gasteiger partial charge in [-0.15, -0.1) is 0 Å². The van der Waals surface area contributed by atoms with Gasteiger partial charge >= 0.3 is 11.9 Å². The predicted octanol–water partition coefficient (Wildman–Crippen LogP) is 11.8. The maximum Gasteiger partial charge on any atom is 0.310 e. The third-order valence-corrected chi connectivity index (χ3v) is 9.02. The van der Waals surface area contributed by atoms with Gasteiger partial charge in [-0.3, -0.25) is 9.59 Å². The minimum Gasteiger partial charge on any atom is -0.465 e. The average molecular weight is 591 g/mol. The summed E-state index contributed by atoms with van der Waals surface area (Å²) >= 11 is 0. The molecule has 0 saturated carbocycles. The van der Waals surface area contributed by atoms with E-state index in [1.165, 1.54) is 141 Å². The smallest absolute Gasteiger partial charge is 0.310 e. The highest BCUT2D eigenvalue weighted by Crippen LogP contribution is 2.28. The minimum atomic E-state index is -0.392. The summed E-state index contributed by atoms with van der Waals surface area (Å²) in [6.07, 6.45) is 39.0. The van der Waals surface area contributed by atoms with Gasteiger partial charge in [-0.25, -0.2) is 0 Å². The monoisotopic (exact) mass is 591 g/mol. The number of esters is 2. The second-order valence-electron chi connectivity index (χ2n) is 13.0. The van der Waals surface area contributed by atoms with Crippen LogP contribution in [-0.4, -0.2) is 25.2 Å². The fraction of sp³-hybridized carbons (Fsp3) is 0.895. The lowest BCUT2D eigenvalue weighted by Crippen LogP contribution is -2.34. The quantitative estimate of drug-likeness (QED) is 0.0474. The number of unbranched alkanes of at least 4 members (excludes halogenated alkanes) is 24. The Morgan fingerprint density at radius 2 is 0.667 bits per heavy atom. The molecule has 0 amide bonds. The second kappa shape index (κ2) is 29.7. The normalized spacial score (nSPS) is 16.5. The van der Waals surface area contributed by atoms with Crippen LogP contribution >= 0.6 is 0 Å². The summed E-state index contributed by atoms with van der Waals surface area (Å²) in [5.74, 6) is -1.23. The van der Waals surface area contributed by atoms with E-state index in [0.29, 0.717) is 26.1 Å². The molecule has 0 bridgehead atoms. The number of rotatable bonds is 30. The van der Waals surface area contributed by atoms with Crippen molar-refractivity contribution in [3.8, 4) is 0 Å². The van der Waals surface area contributed by atoms with Crippen LogP contribution in [0.5, 0.6) is 0 Å². The van der Waals surface area contributed by atoms with Crippen LogP contribution in [-0.2, 0) is 19.1 Å². The topological polar surface area (TPSA) is 52.6 Å². The Morgan fingerprint density at radius 3 is 0.929 bits per heavy atom. The maximum atomic E-state index is 12.8. The summed E-state index contributed by atoms with van der Waals surface area (Å²) < 4.78 is 11.2. The van der Waals surface area contributed by atoms with E-state index < -0.39 is 11.8 Å². The summed E-state index contributed by atoms with van der Waals surface area (Å²) in [6.45, 7) is 5.48. The molecule has 4 heteroatoms. The van der Waals surface area contributed by atoms with Crippen LogP contribution in [0.25, 0.3) is 0 Å². The van der Waals surface area contributed by atoms with Gasteiger partial charge in [0.1, 0.15) is 0 Å². The van der Waals surface area contributed by atoms with Gasteiger partial charge in [0.05, 0.1) is 25.0 Å². The summed E-state index contributed by atoms with van der Waals surface area (Å²) in [5, 5.41) is 0. The van der Waals surface area contributed by atoms with E-state index in [1.807, 2.05) is 12.2 Å². The van der Waals surface area contributed by atoms with Crippen LogP contribution in [0, 0.1) is 11.8 Å². The Labute approximate surface area is 261 Å². The summed E-state index contributed by atoms with van der Waals surface area (Å²) in [4.78, 5) is 25.5. The molecule has 4 nitrogen and oxygen atoms in total. The van der Waals surface area contributed by atoms with Gasteiger partial charge in [0.2, 0.25) is 0 Å². The van der Waals surface area contributed by atoms with Crippen molar-refractivity contribution in [3.63, 3.8) is 0 Å². The van der Waals surface area contributed by atoms with Crippen LogP contribution in [0.3, 0.4) is 0 Å². The van der Waals surface area contributed by atoms with E-state index in [4.69, 9.17) is 9.47 Å². The Kier molecular flexibility index (Phi) is 27.4. The van der Waals surface area contributed by atoms with Crippen molar-refractivity contribution in [2.24, 2.45) is 11.8 Å². The zero-order valence-corrected chi connectivity index (χ0v) is 28.2. The van der Waals surface area contributed by atoms with Crippen LogP contribution < -0.4 is 0 Å². The standard InChI is InChI=1S/C38H70O4/c1-3-5-7-9-11-13-15-17-19-21-23-25-29-33-41-37(39)35-31-27-28-32-36(35)38(40)42-34-30-26-24-22-20-18-16-14-12-10-8-6-4-2/h27-28,35-36H,3-26,29-34H2,1-2H3. The van der Waals surface area contributed by atoms with Gasteiger partial charge < -0.3 is 9.47 Å². The first-order valence-corrected chi connectivity index (χ1v) is 18.7. The largest absolute Gasteiger partial charge is 0.465 e. The molecule has 0 aromatic rings. The fourth-order valence-electron chi connectivity index (χ4n) is 6.13. The molecule has 0 saturated heterocycles. The lowest BCUT2D eigenvalue weighted by Gasteiger charge is -2.25. The number of carbonyl (C=O) groups excluding carboxylic acids is 2. The third-order valence-electron chi connectivity index (χ3n) is 9.02.